The molecule has 0 heterocycles. The fraction of sp³-hybridized carbons (Fsp3) is 0.750. The highest BCUT2D eigenvalue weighted by Crippen LogP contribution is 1.85. The molecule has 5 nitrogen and oxygen atoms in total. The van der Waals surface area contributed by atoms with E-state index in [0.717, 1.165) is 0 Å². The van der Waals surface area contributed by atoms with Gasteiger partial charge in [0.15, 0.2) is 0 Å². The van der Waals surface area contributed by atoms with Crippen molar-refractivity contribution in [2.24, 2.45) is 5.73 Å². The van der Waals surface area contributed by atoms with Gasteiger partial charge in [0.2, 0.25) is 5.91 Å². The molecule has 1 amide bonds. The van der Waals surface area contributed by atoms with E-state index in [1.807, 2.05) is 0 Å². The third-order valence-electron chi connectivity index (χ3n) is 1.45. The molecule has 0 saturated heterocycles. The van der Waals surface area contributed by atoms with Crippen molar-refractivity contribution in [3.63, 3.8) is 0 Å². The first-order valence-electron chi connectivity index (χ1n) is 4.19. The first kappa shape index (κ1) is 12.1. The lowest BCUT2D eigenvalue weighted by molar-refractivity contribution is -0.124. The van der Waals surface area contributed by atoms with Gasteiger partial charge in [-0.05, 0) is 27.1 Å². The number of aldehydes is 1. The van der Waals surface area contributed by atoms with Crippen LogP contribution in [-0.2, 0) is 9.59 Å². The third kappa shape index (κ3) is 6.24. The molecule has 0 aromatic carbocycles. The average molecular weight is 187 g/mol. The summed E-state index contributed by atoms with van der Waals surface area (Å²) in [5, 5.41) is 2.57. The molecule has 0 aromatic rings. The zero-order valence-electron chi connectivity index (χ0n) is 8.12. The molecule has 0 unspecified atom stereocenters. The predicted octanol–water partition coefficient (Wildman–Crippen LogP) is -1.42. The number of nitrogens with zero attached hydrogens (tertiary/aromatic N) is 1. The molecule has 5 heteroatoms. The molecular weight excluding hydrogens is 170 g/mol. The minimum atomic E-state index is -0.447. The van der Waals surface area contributed by atoms with Gasteiger partial charge in [-0.25, -0.2) is 0 Å². The number of nitrogens with one attached hydrogen (secondary N) is 1. The van der Waals surface area contributed by atoms with Crippen molar-refractivity contribution in [2.75, 3.05) is 27.2 Å². The van der Waals surface area contributed by atoms with Crippen molar-refractivity contribution >= 4 is 12.2 Å². The van der Waals surface area contributed by atoms with Gasteiger partial charge in [0.25, 0.3) is 0 Å². The fourth-order valence-corrected chi connectivity index (χ4v) is 0.893. The number of carbonyl (C=O) groups is 2. The van der Waals surface area contributed by atoms with Gasteiger partial charge in [-0.2, -0.15) is 0 Å². The Hall–Kier alpha value is -0.940. The summed E-state index contributed by atoms with van der Waals surface area (Å²) in [5.41, 5.74) is 5.26. The van der Waals surface area contributed by atoms with Crippen LogP contribution in [0.25, 0.3) is 0 Å². The zero-order valence-corrected chi connectivity index (χ0v) is 8.12. The van der Waals surface area contributed by atoms with Gasteiger partial charge < -0.3 is 20.7 Å². The van der Waals surface area contributed by atoms with E-state index < -0.39 is 6.04 Å². The topological polar surface area (TPSA) is 75.4 Å². The van der Waals surface area contributed by atoms with Gasteiger partial charge in [-0.1, -0.05) is 0 Å². The van der Waals surface area contributed by atoms with Crippen LogP contribution in [0.5, 0.6) is 0 Å². The minimum Gasteiger partial charge on any atom is -0.345 e. The predicted molar refractivity (Wildman–Crippen MR) is 50.2 cm³/mol. The Labute approximate surface area is 78.3 Å². The van der Waals surface area contributed by atoms with E-state index in [4.69, 9.17) is 5.73 Å². The number of rotatable bonds is 6. The molecule has 1 atom stereocenters. The fourth-order valence-electron chi connectivity index (χ4n) is 0.893. The molecule has 0 aromatic heterocycles. The molecule has 0 aliphatic heterocycles. The Bertz CT molecular complexity index is 171. The van der Waals surface area contributed by atoms with Gasteiger partial charge in [-0.3, -0.25) is 4.79 Å². The van der Waals surface area contributed by atoms with Crippen molar-refractivity contribution in [1.29, 1.82) is 0 Å². The first-order valence-corrected chi connectivity index (χ1v) is 4.19. The van der Waals surface area contributed by atoms with Crippen LogP contribution in [0.4, 0.5) is 0 Å². The minimum absolute atomic E-state index is 0.157. The molecule has 0 radical (unpaired) electrons. The number of nitrogens with two attached hydrogens (primary N) is 1. The molecule has 0 bridgehead atoms. The molecule has 0 rings (SSSR count). The highest BCUT2D eigenvalue weighted by molar-refractivity contribution is 5.81. The lowest BCUT2D eigenvalue weighted by atomic mass is 10.2. The highest BCUT2D eigenvalue weighted by Gasteiger charge is 2.10. The van der Waals surface area contributed by atoms with E-state index in [2.05, 4.69) is 5.32 Å². The van der Waals surface area contributed by atoms with Crippen LogP contribution in [-0.4, -0.2) is 50.3 Å². The number of amides is 1. The van der Waals surface area contributed by atoms with E-state index in [0.29, 0.717) is 19.3 Å². The van der Waals surface area contributed by atoms with E-state index >= 15 is 0 Å². The lowest BCUT2D eigenvalue weighted by Gasteiger charge is -2.14. The van der Waals surface area contributed by atoms with E-state index in [1.54, 1.807) is 19.0 Å². The highest BCUT2D eigenvalue weighted by atomic mass is 16.2. The van der Waals surface area contributed by atoms with Crippen molar-refractivity contribution in [2.45, 2.75) is 12.5 Å². The number of likely N-dealkylation sites (N-methyl/N-ethyl adjacent to an activating group) is 1. The molecule has 0 fully saturated rings. The van der Waals surface area contributed by atoms with Gasteiger partial charge in [0, 0.05) is 0 Å². The molecule has 0 saturated carbocycles. The second kappa shape index (κ2) is 6.56. The number of hydrogen-bond acceptors (Lipinski definition) is 4. The van der Waals surface area contributed by atoms with E-state index in [9.17, 15) is 9.59 Å². The van der Waals surface area contributed by atoms with Crippen LogP contribution >= 0.6 is 0 Å². The summed E-state index contributed by atoms with van der Waals surface area (Å²) < 4.78 is 0. The largest absolute Gasteiger partial charge is 0.345 e. The van der Waals surface area contributed by atoms with Gasteiger partial charge in [-0.15, -0.1) is 0 Å². The smallest absolute Gasteiger partial charge is 0.234 e. The van der Waals surface area contributed by atoms with Crippen LogP contribution in [0.3, 0.4) is 0 Å². The Morgan fingerprint density at radius 2 is 2.23 bits per heavy atom. The lowest BCUT2D eigenvalue weighted by Crippen LogP contribution is -2.41. The summed E-state index contributed by atoms with van der Waals surface area (Å²) in [4.78, 5) is 23.3. The Morgan fingerprint density at radius 3 is 2.62 bits per heavy atom. The molecular formula is C8H17N3O2. The molecule has 0 aliphatic carbocycles. The zero-order chi connectivity index (χ0) is 10.3. The standard InChI is InChI=1S/C8H17N3O2/c1-11(2)5-8(13)10-7(6-12)3-4-9/h6-7H,3-5,9H2,1-2H3,(H,10,13)/t7-/m0/s1. The van der Waals surface area contributed by atoms with Gasteiger partial charge in [0.05, 0.1) is 12.6 Å². The van der Waals surface area contributed by atoms with Crippen LogP contribution in [0.15, 0.2) is 0 Å². The summed E-state index contributed by atoms with van der Waals surface area (Å²) in [5.74, 6) is -0.157. The molecule has 0 aliphatic rings. The van der Waals surface area contributed by atoms with Gasteiger partial charge in [0.1, 0.15) is 6.29 Å². The first-order chi connectivity index (χ1) is 6.10. The van der Waals surface area contributed by atoms with Crippen LogP contribution in [0, 0.1) is 0 Å². The van der Waals surface area contributed by atoms with Crippen LogP contribution in [0.2, 0.25) is 0 Å². The SMILES string of the molecule is CN(C)CC(=O)N[C@H](C=O)CCN. The van der Waals surface area contributed by atoms with Crippen LogP contribution in [0.1, 0.15) is 6.42 Å². The Morgan fingerprint density at radius 1 is 1.62 bits per heavy atom. The second-order valence-corrected chi connectivity index (χ2v) is 3.13. The molecule has 0 spiro atoms. The average Bonchev–Trinajstić information content (AvgIpc) is 2.02. The van der Waals surface area contributed by atoms with Crippen molar-refractivity contribution in [3.8, 4) is 0 Å². The summed E-state index contributed by atoms with van der Waals surface area (Å²) in [6, 6.07) is -0.447. The van der Waals surface area contributed by atoms with Crippen molar-refractivity contribution in [3.05, 3.63) is 0 Å². The van der Waals surface area contributed by atoms with E-state index in [-0.39, 0.29) is 12.5 Å². The molecule has 3 N–H and O–H groups in total. The molecule has 76 valence electrons. The normalized spacial score (nSPS) is 12.6. The summed E-state index contributed by atoms with van der Waals surface area (Å²) in [6.07, 6.45) is 1.20. The van der Waals surface area contributed by atoms with E-state index in [1.165, 1.54) is 0 Å². The van der Waals surface area contributed by atoms with Crippen molar-refractivity contribution < 1.29 is 9.59 Å². The Balaban J connectivity index is 3.79. The third-order valence-corrected chi connectivity index (χ3v) is 1.45. The van der Waals surface area contributed by atoms with Gasteiger partial charge >= 0.3 is 0 Å². The maximum absolute atomic E-state index is 11.1. The summed E-state index contributed by atoms with van der Waals surface area (Å²) >= 11 is 0. The second-order valence-electron chi connectivity index (χ2n) is 3.13. The maximum Gasteiger partial charge on any atom is 0.234 e. The summed E-state index contributed by atoms with van der Waals surface area (Å²) in [7, 11) is 3.58. The number of carbonyl (C=O) groups excluding carboxylic acids is 2. The van der Waals surface area contributed by atoms with Crippen LogP contribution < -0.4 is 11.1 Å². The number of hydrogen-bond donors (Lipinski definition) is 2. The summed E-state index contributed by atoms with van der Waals surface area (Å²) in [6.45, 7) is 0.681. The maximum atomic E-state index is 11.1. The Kier molecular flexibility index (Phi) is 6.09. The quantitative estimate of drug-likeness (QED) is 0.500. The monoisotopic (exact) mass is 187 g/mol. The molecule has 13 heavy (non-hydrogen) atoms. The van der Waals surface area contributed by atoms with Crippen molar-refractivity contribution in [1.82, 2.24) is 10.2 Å².